The minimum absolute atomic E-state index is 0.0588. The fraction of sp³-hybridized carbons (Fsp3) is 0.391. The summed E-state index contributed by atoms with van der Waals surface area (Å²) < 4.78 is 27.5. The Morgan fingerprint density at radius 3 is 2.38 bits per heavy atom. The van der Waals surface area contributed by atoms with Crippen molar-refractivity contribution in [3.63, 3.8) is 0 Å². The molecule has 2 aromatic rings. The second kappa shape index (κ2) is 8.20. The van der Waals surface area contributed by atoms with Gasteiger partial charge < -0.3 is 5.32 Å². The predicted molar refractivity (Wildman–Crippen MR) is 124 cm³/mol. The third kappa shape index (κ3) is 3.52. The molecule has 168 valence electrons. The topological polar surface area (TPSA) is 86.8 Å². The van der Waals surface area contributed by atoms with Crippen LogP contribution in [0.2, 0.25) is 0 Å². The minimum Gasteiger partial charge on any atom is -0.323 e. The molecule has 2 amide bonds. The molecule has 32 heavy (non-hydrogen) atoms. The number of carbonyl (C=O) groups is 2. The van der Waals surface area contributed by atoms with Gasteiger partial charge in [0, 0.05) is 30.1 Å². The quantitative estimate of drug-likeness (QED) is 0.733. The molecule has 0 aliphatic carbocycles. The second-order valence-electron chi connectivity index (χ2n) is 8.38. The first-order valence-electron chi connectivity index (χ1n) is 10.9. The molecule has 0 aromatic heterocycles. The molecular weight excluding hydrogens is 446 g/mol. The Bertz CT molecular complexity index is 1160. The molecule has 0 spiro atoms. The van der Waals surface area contributed by atoms with E-state index in [9.17, 15) is 18.0 Å². The first-order chi connectivity index (χ1) is 15.4. The van der Waals surface area contributed by atoms with Gasteiger partial charge in [0.15, 0.2) is 4.87 Å². The molecule has 3 aliphatic heterocycles. The molecule has 5 rings (SSSR count). The van der Waals surface area contributed by atoms with E-state index in [0.717, 1.165) is 36.3 Å². The molecular formula is C23H25N3O4S2. The highest BCUT2D eigenvalue weighted by atomic mass is 32.2. The van der Waals surface area contributed by atoms with E-state index >= 15 is 0 Å². The maximum absolute atomic E-state index is 13.3. The first-order valence-corrected chi connectivity index (χ1v) is 13.2. The number of nitrogens with one attached hydrogen (secondary N) is 1. The van der Waals surface area contributed by atoms with Crippen LogP contribution < -0.4 is 10.2 Å². The third-order valence-electron chi connectivity index (χ3n) is 6.34. The maximum Gasteiger partial charge on any atom is 0.261 e. The van der Waals surface area contributed by atoms with Gasteiger partial charge in [0.1, 0.15) is 0 Å². The lowest BCUT2D eigenvalue weighted by molar-refractivity contribution is -0.121. The number of hydrogen-bond acceptors (Lipinski definition) is 5. The molecule has 1 N–H and O–H groups in total. The van der Waals surface area contributed by atoms with Gasteiger partial charge in [-0.3, -0.25) is 14.5 Å². The number of anilines is 2. The predicted octanol–water partition coefficient (Wildman–Crippen LogP) is 3.82. The fourth-order valence-corrected chi connectivity index (χ4v) is 7.60. The van der Waals surface area contributed by atoms with E-state index in [2.05, 4.69) is 5.32 Å². The van der Waals surface area contributed by atoms with Crippen molar-refractivity contribution < 1.29 is 18.0 Å². The van der Waals surface area contributed by atoms with E-state index in [1.54, 1.807) is 33.5 Å². The van der Waals surface area contributed by atoms with Gasteiger partial charge in [-0.15, -0.1) is 0 Å². The Balaban J connectivity index is 1.35. The Labute approximate surface area is 192 Å². The fourth-order valence-electron chi connectivity index (χ4n) is 4.67. The van der Waals surface area contributed by atoms with Crippen molar-refractivity contribution in [3.8, 4) is 0 Å². The molecule has 3 aliphatic rings. The van der Waals surface area contributed by atoms with E-state index in [-0.39, 0.29) is 16.7 Å². The van der Waals surface area contributed by atoms with E-state index in [4.69, 9.17) is 0 Å². The number of sulfonamides is 1. The number of para-hydroxylation sites is 1. The van der Waals surface area contributed by atoms with Gasteiger partial charge >= 0.3 is 0 Å². The second-order valence-corrected chi connectivity index (χ2v) is 11.6. The standard InChI is InChI=1S/C23H25N3O4S2/c27-21-13-14-23(26(21)19-7-3-4-8-20(19)31-23)22(28)24-17-9-11-18(12-10-17)32(29,30)25-15-5-1-2-6-16-25/h3-4,7-12H,1-2,5-6,13-16H2,(H,24,28). The SMILES string of the molecule is O=C1CCC2(C(=O)Nc3ccc(S(=O)(=O)N4CCCCCC4)cc3)Sc3ccccc3N12. The molecule has 1 atom stereocenters. The molecule has 9 heteroatoms. The van der Waals surface area contributed by atoms with Gasteiger partial charge in [-0.25, -0.2) is 8.42 Å². The minimum atomic E-state index is -3.54. The highest BCUT2D eigenvalue weighted by molar-refractivity contribution is 8.02. The summed E-state index contributed by atoms with van der Waals surface area (Å²) in [5.41, 5.74) is 1.28. The zero-order valence-corrected chi connectivity index (χ0v) is 19.3. The van der Waals surface area contributed by atoms with Crippen molar-refractivity contribution >= 4 is 45.0 Å². The van der Waals surface area contributed by atoms with Crippen LogP contribution in [0.4, 0.5) is 11.4 Å². The van der Waals surface area contributed by atoms with Crippen LogP contribution in [0.25, 0.3) is 0 Å². The van der Waals surface area contributed by atoms with Gasteiger partial charge in [-0.2, -0.15) is 4.31 Å². The monoisotopic (exact) mass is 471 g/mol. The van der Waals surface area contributed by atoms with Crippen LogP contribution in [-0.2, 0) is 19.6 Å². The number of carbonyl (C=O) groups excluding carboxylic acids is 2. The molecule has 7 nitrogen and oxygen atoms in total. The Morgan fingerprint density at radius 1 is 0.969 bits per heavy atom. The van der Waals surface area contributed by atoms with Crippen LogP contribution in [0.1, 0.15) is 38.5 Å². The van der Waals surface area contributed by atoms with Gasteiger partial charge in [-0.1, -0.05) is 36.7 Å². The molecule has 3 heterocycles. The highest BCUT2D eigenvalue weighted by Gasteiger charge is 2.57. The molecule has 2 aromatic carbocycles. The first kappa shape index (κ1) is 21.5. The van der Waals surface area contributed by atoms with Gasteiger partial charge in [-0.05, 0) is 55.7 Å². The van der Waals surface area contributed by atoms with Crippen molar-refractivity contribution in [1.82, 2.24) is 4.31 Å². The lowest BCUT2D eigenvalue weighted by Crippen LogP contribution is -2.49. The number of thioether (sulfide) groups is 1. The third-order valence-corrected chi connectivity index (χ3v) is 9.73. The summed E-state index contributed by atoms with van der Waals surface area (Å²) >= 11 is 1.40. The van der Waals surface area contributed by atoms with E-state index in [0.29, 0.717) is 31.6 Å². The Kier molecular flexibility index (Phi) is 5.51. The van der Waals surface area contributed by atoms with Crippen LogP contribution >= 0.6 is 11.8 Å². The summed E-state index contributed by atoms with van der Waals surface area (Å²) in [6.07, 6.45) is 4.62. The maximum atomic E-state index is 13.3. The van der Waals surface area contributed by atoms with Crippen molar-refractivity contribution in [1.29, 1.82) is 0 Å². The van der Waals surface area contributed by atoms with E-state index in [1.807, 2.05) is 24.3 Å². The molecule has 2 fully saturated rings. The highest BCUT2D eigenvalue weighted by Crippen LogP contribution is 2.56. The number of amides is 2. The summed E-state index contributed by atoms with van der Waals surface area (Å²) in [7, 11) is -3.54. The zero-order valence-electron chi connectivity index (χ0n) is 17.6. The summed E-state index contributed by atoms with van der Waals surface area (Å²) in [6.45, 7) is 1.09. The summed E-state index contributed by atoms with van der Waals surface area (Å²) in [4.78, 5) is 27.7. The van der Waals surface area contributed by atoms with Crippen molar-refractivity contribution in [2.75, 3.05) is 23.3 Å². The number of nitrogens with zero attached hydrogens (tertiary/aromatic N) is 2. The number of fused-ring (bicyclic) bond motifs is 3. The van der Waals surface area contributed by atoms with Crippen LogP contribution in [0.3, 0.4) is 0 Å². The lowest BCUT2D eigenvalue weighted by Gasteiger charge is -2.29. The summed E-state index contributed by atoms with van der Waals surface area (Å²) in [6, 6.07) is 13.9. The number of hydrogen-bond donors (Lipinski definition) is 1. The normalized spacial score (nSPS) is 23.5. The van der Waals surface area contributed by atoms with Crippen LogP contribution in [0, 0.1) is 0 Å². The largest absolute Gasteiger partial charge is 0.323 e. The van der Waals surface area contributed by atoms with E-state index < -0.39 is 14.9 Å². The Morgan fingerprint density at radius 2 is 1.66 bits per heavy atom. The number of benzene rings is 2. The zero-order chi connectivity index (χ0) is 22.3. The average Bonchev–Trinajstić information content (AvgIpc) is 3.14. The summed E-state index contributed by atoms with van der Waals surface area (Å²) in [5, 5.41) is 2.91. The van der Waals surface area contributed by atoms with Crippen molar-refractivity contribution in [3.05, 3.63) is 48.5 Å². The molecule has 0 bridgehead atoms. The van der Waals surface area contributed by atoms with Gasteiger partial charge in [0.2, 0.25) is 15.9 Å². The van der Waals surface area contributed by atoms with Crippen LogP contribution in [0.15, 0.2) is 58.3 Å². The molecule has 1 unspecified atom stereocenters. The van der Waals surface area contributed by atoms with Gasteiger partial charge in [0.25, 0.3) is 5.91 Å². The van der Waals surface area contributed by atoms with Crippen molar-refractivity contribution in [2.24, 2.45) is 0 Å². The van der Waals surface area contributed by atoms with Crippen LogP contribution in [0.5, 0.6) is 0 Å². The molecule has 0 saturated carbocycles. The average molecular weight is 472 g/mol. The summed E-state index contributed by atoms with van der Waals surface area (Å²) in [5.74, 6) is -0.329. The van der Waals surface area contributed by atoms with Crippen LogP contribution in [-0.4, -0.2) is 42.5 Å². The Hall–Kier alpha value is -2.36. The molecule has 0 radical (unpaired) electrons. The van der Waals surface area contributed by atoms with Crippen molar-refractivity contribution in [2.45, 2.75) is 53.2 Å². The number of rotatable bonds is 4. The smallest absolute Gasteiger partial charge is 0.261 e. The van der Waals surface area contributed by atoms with E-state index in [1.165, 1.54) is 11.8 Å². The van der Waals surface area contributed by atoms with Gasteiger partial charge in [0.05, 0.1) is 10.6 Å². The molecule has 2 saturated heterocycles. The lowest BCUT2D eigenvalue weighted by atomic mass is 10.1.